The molecular formula is C12H15ClF2N2O. The van der Waals surface area contributed by atoms with Crippen molar-refractivity contribution in [1.29, 1.82) is 0 Å². The normalized spacial score (nSPS) is 24.7. The number of benzene rings is 1. The summed E-state index contributed by atoms with van der Waals surface area (Å²) in [4.78, 5) is 1.85. The number of hydrogen-bond acceptors (Lipinski definition) is 3. The minimum absolute atomic E-state index is 0.0868. The van der Waals surface area contributed by atoms with Gasteiger partial charge in [-0.05, 0) is 25.9 Å². The standard InChI is InChI=1S/C12H15ClF2N2O/c1-17-5-6(4-16)2-8(17)10-7(14)3-9(18)11(13)12(10)15/h3,6,8,18H,2,4-5,16H2,1H3. The minimum Gasteiger partial charge on any atom is -0.506 e. The van der Waals surface area contributed by atoms with Crippen molar-refractivity contribution >= 4 is 11.6 Å². The lowest BCUT2D eigenvalue weighted by Gasteiger charge is -2.21. The molecule has 18 heavy (non-hydrogen) atoms. The van der Waals surface area contributed by atoms with Gasteiger partial charge in [0, 0.05) is 24.2 Å². The molecule has 6 heteroatoms. The predicted octanol–water partition coefficient (Wildman–Crippen LogP) is 2.28. The van der Waals surface area contributed by atoms with Gasteiger partial charge in [-0.25, -0.2) is 8.78 Å². The van der Waals surface area contributed by atoms with E-state index in [9.17, 15) is 13.9 Å². The van der Waals surface area contributed by atoms with Crippen molar-refractivity contribution < 1.29 is 13.9 Å². The summed E-state index contributed by atoms with van der Waals surface area (Å²) in [6.45, 7) is 1.18. The number of phenolic OH excluding ortho intramolecular Hbond substituents is 1. The number of nitrogens with zero attached hydrogens (tertiary/aromatic N) is 1. The van der Waals surface area contributed by atoms with E-state index < -0.39 is 28.4 Å². The third-order valence-electron chi connectivity index (χ3n) is 3.48. The molecule has 0 aliphatic carbocycles. The Bertz CT molecular complexity index is 470. The van der Waals surface area contributed by atoms with Crippen LogP contribution in [-0.2, 0) is 0 Å². The van der Waals surface area contributed by atoms with Crippen molar-refractivity contribution in [3.8, 4) is 5.75 Å². The number of rotatable bonds is 2. The summed E-state index contributed by atoms with van der Waals surface area (Å²) >= 11 is 5.62. The first-order valence-electron chi connectivity index (χ1n) is 5.72. The van der Waals surface area contributed by atoms with Crippen molar-refractivity contribution in [1.82, 2.24) is 4.90 Å². The van der Waals surface area contributed by atoms with Crippen molar-refractivity contribution in [2.24, 2.45) is 11.7 Å². The number of nitrogens with two attached hydrogens (primary N) is 1. The zero-order valence-electron chi connectivity index (χ0n) is 9.96. The van der Waals surface area contributed by atoms with Gasteiger partial charge in [0.2, 0.25) is 0 Å². The molecule has 1 fully saturated rings. The molecule has 3 N–H and O–H groups in total. The molecule has 0 saturated carbocycles. The van der Waals surface area contributed by atoms with Crippen molar-refractivity contribution in [2.75, 3.05) is 20.1 Å². The van der Waals surface area contributed by atoms with E-state index in [0.29, 0.717) is 19.5 Å². The second-order valence-electron chi connectivity index (χ2n) is 4.71. The van der Waals surface area contributed by atoms with E-state index in [0.717, 1.165) is 6.07 Å². The summed E-state index contributed by atoms with van der Waals surface area (Å²) in [6, 6.07) is 0.460. The van der Waals surface area contributed by atoms with Crippen molar-refractivity contribution in [3.05, 3.63) is 28.3 Å². The first kappa shape index (κ1) is 13.5. The molecule has 0 amide bonds. The lowest BCUT2D eigenvalue weighted by atomic mass is 9.98. The molecular weight excluding hydrogens is 262 g/mol. The molecule has 2 rings (SSSR count). The minimum atomic E-state index is -0.885. The SMILES string of the molecule is CN1CC(CN)CC1c1c(F)cc(O)c(Cl)c1F. The fourth-order valence-electron chi connectivity index (χ4n) is 2.52. The van der Waals surface area contributed by atoms with E-state index in [1.807, 2.05) is 4.90 Å². The molecule has 0 bridgehead atoms. The van der Waals surface area contributed by atoms with E-state index in [1.165, 1.54) is 0 Å². The Morgan fingerprint density at radius 1 is 1.56 bits per heavy atom. The topological polar surface area (TPSA) is 49.5 Å². The van der Waals surface area contributed by atoms with Gasteiger partial charge in [0.1, 0.15) is 16.6 Å². The van der Waals surface area contributed by atoms with Crippen LogP contribution in [0.5, 0.6) is 5.75 Å². The van der Waals surface area contributed by atoms with Gasteiger partial charge >= 0.3 is 0 Å². The Balaban J connectivity index is 2.43. The second-order valence-corrected chi connectivity index (χ2v) is 5.09. The third kappa shape index (κ3) is 2.18. The van der Waals surface area contributed by atoms with Crippen molar-refractivity contribution in [2.45, 2.75) is 12.5 Å². The number of likely N-dealkylation sites (tertiary alicyclic amines) is 1. The van der Waals surface area contributed by atoms with Gasteiger partial charge in [-0.3, -0.25) is 4.90 Å². The third-order valence-corrected chi connectivity index (χ3v) is 3.84. The van der Waals surface area contributed by atoms with Gasteiger partial charge in [-0.15, -0.1) is 0 Å². The Morgan fingerprint density at radius 3 is 2.78 bits per heavy atom. The molecule has 1 aromatic rings. The summed E-state index contributed by atoms with van der Waals surface area (Å²) < 4.78 is 27.8. The highest BCUT2D eigenvalue weighted by atomic mass is 35.5. The highest BCUT2D eigenvalue weighted by Gasteiger charge is 2.34. The maximum absolute atomic E-state index is 14.0. The predicted molar refractivity (Wildman–Crippen MR) is 65.6 cm³/mol. The van der Waals surface area contributed by atoms with E-state index in [4.69, 9.17) is 17.3 Å². The number of hydrogen-bond donors (Lipinski definition) is 2. The van der Waals surface area contributed by atoms with Gasteiger partial charge in [-0.2, -0.15) is 0 Å². The fraction of sp³-hybridized carbons (Fsp3) is 0.500. The van der Waals surface area contributed by atoms with Gasteiger partial charge in [-0.1, -0.05) is 11.6 Å². The van der Waals surface area contributed by atoms with E-state index in [1.54, 1.807) is 7.05 Å². The monoisotopic (exact) mass is 276 g/mol. The number of aromatic hydroxyl groups is 1. The lowest BCUT2D eigenvalue weighted by molar-refractivity contribution is 0.298. The zero-order valence-corrected chi connectivity index (χ0v) is 10.7. The summed E-state index contributed by atoms with van der Waals surface area (Å²) in [6.07, 6.45) is 0.585. The molecule has 1 aromatic carbocycles. The molecule has 1 heterocycles. The van der Waals surface area contributed by atoms with Crippen LogP contribution in [0.3, 0.4) is 0 Å². The maximum Gasteiger partial charge on any atom is 0.153 e. The van der Waals surface area contributed by atoms with Crippen LogP contribution in [0.1, 0.15) is 18.0 Å². The Morgan fingerprint density at radius 2 is 2.22 bits per heavy atom. The molecule has 2 unspecified atom stereocenters. The molecule has 0 spiro atoms. The molecule has 0 aromatic heterocycles. The van der Waals surface area contributed by atoms with Crippen LogP contribution < -0.4 is 5.73 Å². The first-order valence-corrected chi connectivity index (χ1v) is 6.10. The molecule has 1 saturated heterocycles. The molecule has 100 valence electrons. The van der Waals surface area contributed by atoms with Gasteiger partial charge < -0.3 is 10.8 Å². The smallest absolute Gasteiger partial charge is 0.153 e. The highest BCUT2D eigenvalue weighted by Crippen LogP contribution is 2.40. The Hall–Kier alpha value is -0.910. The van der Waals surface area contributed by atoms with Crippen LogP contribution >= 0.6 is 11.6 Å². The van der Waals surface area contributed by atoms with Crippen LogP contribution in [0, 0.1) is 17.6 Å². The zero-order chi connectivity index (χ0) is 13.4. The number of phenols is 1. The van der Waals surface area contributed by atoms with Gasteiger partial charge in [0.25, 0.3) is 0 Å². The first-order chi connectivity index (χ1) is 8.45. The van der Waals surface area contributed by atoms with E-state index in [2.05, 4.69) is 0 Å². The summed E-state index contributed by atoms with van der Waals surface area (Å²) in [7, 11) is 1.79. The second kappa shape index (κ2) is 4.99. The van der Waals surface area contributed by atoms with Gasteiger partial charge in [0.05, 0.1) is 0 Å². The number of halogens is 3. The Kier molecular flexibility index (Phi) is 3.75. The van der Waals surface area contributed by atoms with Crippen LogP contribution in [0.4, 0.5) is 8.78 Å². The molecule has 3 nitrogen and oxygen atoms in total. The van der Waals surface area contributed by atoms with E-state index in [-0.39, 0.29) is 11.5 Å². The summed E-state index contributed by atoms with van der Waals surface area (Å²) in [5.74, 6) is -2.02. The summed E-state index contributed by atoms with van der Waals surface area (Å²) in [5.41, 5.74) is 5.50. The lowest BCUT2D eigenvalue weighted by Crippen LogP contribution is -2.21. The van der Waals surface area contributed by atoms with Crippen molar-refractivity contribution in [3.63, 3.8) is 0 Å². The molecule has 2 atom stereocenters. The van der Waals surface area contributed by atoms with Crippen LogP contribution in [0.15, 0.2) is 6.07 Å². The highest BCUT2D eigenvalue weighted by molar-refractivity contribution is 6.32. The molecule has 1 aliphatic rings. The average Bonchev–Trinajstić information content (AvgIpc) is 2.68. The fourth-order valence-corrected chi connectivity index (χ4v) is 2.67. The molecule has 1 aliphatic heterocycles. The molecule has 0 radical (unpaired) electrons. The largest absolute Gasteiger partial charge is 0.506 e. The quantitative estimate of drug-likeness (QED) is 0.815. The van der Waals surface area contributed by atoms with E-state index >= 15 is 0 Å². The maximum atomic E-state index is 14.0. The van der Waals surface area contributed by atoms with Crippen LogP contribution in [0.25, 0.3) is 0 Å². The Labute approximate surface area is 109 Å². The summed E-state index contributed by atoms with van der Waals surface area (Å²) in [5, 5.41) is 8.83. The van der Waals surface area contributed by atoms with Crippen LogP contribution in [-0.4, -0.2) is 30.1 Å². The van der Waals surface area contributed by atoms with Crippen LogP contribution in [0.2, 0.25) is 5.02 Å². The average molecular weight is 277 g/mol. The van der Waals surface area contributed by atoms with Gasteiger partial charge in [0.15, 0.2) is 5.82 Å².